The highest BCUT2D eigenvalue weighted by Gasteiger charge is 2.46. The van der Waals surface area contributed by atoms with E-state index in [1.807, 2.05) is 61.5 Å². The van der Waals surface area contributed by atoms with Crippen molar-refractivity contribution in [3.8, 4) is 5.75 Å². The smallest absolute Gasteiger partial charge is 0.326 e. The van der Waals surface area contributed by atoms with Gasteiger partial charge in [-0.1, -0.05) is 48.5 Å². The summed E-state index contributed by atoms with van der Waals surface area (Å²) in [5, 5.41) is 0. The van der Waals surface area contributed by atoms with E-state index in [0.717, 1.165) is 11.1 Å². The summed E-state index contributed by atoms with van der Waals surface area (Å²) in [6.45, 7) is 1.91. The fraction of sp³-hybridized carbons (Fsp3) is 0.133. The van der Waals surface area contributed by atoms with Crippen LogP contribution < -0.4 is 4.74 Å². The van der Waals surface area contributed by atoms with Crippen LogP contribution in [-0.4, -0.2) is 5.97 Å². The molecular weight excluding hydrogens is 212 g/mol. The minimum absolute atomic E-state index is 0.204. The molecule has 0 saturated heterocycles. The largest absolute Gasteiger partial charge is 0.425 e. The normalized spacial score (nSPS) is 22.1. The molecule has 17 heavy (non-hydrogen) atoms. The van der Waals surface area contributed by atoms with Crippen molar-refractivity contribution >= 4 is 5.97 Å². The molecule has 2 aromatic carbocycles. The van der Waals surface area contributed by atoms with Crippen LogP contribution in [0.15, 0.2) is 54.6 Å². The van der Waals surface area contributed by atoms with E-state index in [1.165, 1.54) is 0 Å². The number of fused-ring (bicyclic) bond motifs is 1. The van der Waals surface area contributed by atoms with Crippen LogP contribution in [-0.2, 0) is 10.2 Å². The molecule has 0 fully saturated rings. The van der Waals surface area contributed by atoms with Crippen molar-refractivity contribution in [1.82, 2.24) is 0 Å². The molecule has 0 aromatic heterocycles. The summed E-state index contributed by atoms with van der Waals surface area (Å²) >= 11 is 0. The maximum atomic E-state index is 12.1. The van der Waals surface area contributed by atoms with Gasteiger partial charge in [-0.25, -0.2) is 0 Å². The molecule has 2 aromatic rings. The second kappa shape index (κ2) is 3.45. The molecule has 1 aliphatic heterocycles. The Morgan fingerprint density at radius 2 is 1.59 bits per heavy atom. The molecule has 84 valence electrons. The zero-order valence-electron chi connectivity index (χ0n) is 9.51. The number of hydrogen-bond donors (Lipinski definition) is 0. The Morgan fingerprint density at radius 1 is 0.941 bits per heavy atom. The highest BCUT2D eigenvalue weighted by atomic mass is 16.5. The summed E-state index contributed by atoms with van der Waals surface area (Å²) in [5.74, 6) is 0.466. The minimum atomic E-state index is -0.683. The van der Waals surface area contributed by atoms with E-state index in [2.05, 4.69) is 0 Å². The van der Waals surface area contributed by atoms with E-state index in [1.54, 1.807) is 0 Å². The quantitative estimate of drug-likeness (QED) is 0.550. The van der Waals surface area contributed by atoms with Crippen molar-refractivity contribution in [2.75, 3.05) is 0 Å². The number of carbonyl (C=O) groups is 1. The number of carbonyl (C=O) groups excluding carboxylic acids is 1. The Hall–Kier alpha value is -2.09. The number of esters is 1. The molecule has 1 atom stereocenters. The molecule has 1 heterocycles. The molecule has 0 aliphatic carbocycles. The molecule has 1 aliphatic rings. The van der Waals surface area contributed by atoms with Gasteiger partial charge in [0.25, 0.3) is 0 Å². The van der Waals surface area contributed by atoms with Gasteiger partial charge in [-0.05, 0) is 18.6 Å². The molecule has 3 rings (SSSR count). The summed E-state index contributed by atoms with van der Waals surface area (Å²) in [5.41, 5.74) is 1.23. The highest BCUT2D eigenvalue weighted by Crippen LogP contribution is 2.43. The summed E-state index contributed by atoms with van der Waals surface area (Å²) in [6, 6.07) is 17.3. The van der Waals surface area contributed by atoms with Crippen molar-refractivity contribution in [2.24, 2.45) is 0 Å². The predicted octanol–water partition coefficient (Wildman–Crippen LogP) is 2.91. The molecule has 0 saturated carbocycles. The standard InChI is InChI=1S/C15H12O2/c1-15(11-7-3-2-4-8-11)12-9-5-6-10-13(12)17-14(15)16/h2-10H,1H3. The Morgan fingerprint density at radius 3 is 2.35 bits per heavy atom. The topological polar surface area (TPSA) is 26.3 Å². The SMILES string of the molecule is CC1(c2ccccc2)C(=O)Oc2ccccc21. The van der Waals surface area contributed by atoms with Gasteiger partial charge in [-0.15, -0.1) is 0 Å². The Labute approximate surface area is 99.9 Å². The average molecular weight is 224 g/mol. The van der Waals surface area contributed by atoms with Crippen molar-refractivity contribution in [3.63, 3.8) is 0 Å². The first-order chi connectivity index (χ1) is 8.23. The third-order valence-electron chi connectivity index (χ3n) is 3.39. The third kappa shape index (κ3) is 1.30. The molecule has 2 nitrogen and oxygen atoms in total. The number of rotatable bonds is 1. The van der Waals surface area contributed by atoms with Crippen molar-refractivity contribution < 1.29 is 9.53 Å². The van der Waals surface area contributed by atoms with Crippen molar-refractivity contribution in [3.05, 3.63) is 65.7 Å². The second-order valence-corrected chi connectivity index (χ2v) is 4.38. The van der Waals surface area contributed by atoms with Crippen LogP contribution >= 0.6 is 0 Å². The third-order valence-corrected chi connectivity index (χ3v) is 3.39. The second-order valence-electron chi connectivity index (χ2n) is 4.38. The van der Waals surface area contributed by atoms with Gasteiger partial charge in [0.2, 0.25) is 0 Å². The fourth-order valence-electron chi connectivity index (χ4n) is 2.33. The lowest BCUT2D eigenvalue weighted by atomic mass is 9.77. The van der Waals surface area contributed by atoms with E-state index in [4.69, 9.17) is 4.74 Å². The lowest BCUT2D eigenvalue weighted by Gasteiger charge is -2.20. The first-order valence-corrected chi connectivity index (χ1v) is 5.60. The van der Waals surface area contributed by atoms with Crippen LogP contribution in [0.25, 0.3) is 0 Å². The predicted molar refractivity (Wildman–Crippen MR) is 65.0 cm³/mol. The van der Waals surface area contributed by atoms with E-state index >= 15 is 0 Å². The lowest BCUT2D eigenvalue weighted by molar-refractivity contribution is -0.136. The Balaban J connectivity index is 2.24. The number of benzene rings is 2. The van der Waals surface area contributed by atoms with E-state index in [0.29, 0.717) is 5.75 Å². The molecule has 0 spiro atoms. The molecule has 0 bridgehead atoms. The zero-order valence-corrected chi connectivity index (χ0v) is 9.51. The first-order valence-electron chi connectivity index (χ1n) is 5.60. The van der Waals surface area contributed by atoms with Gasteiger partial charge in [-0.3, -0.25) is 4.79 Å². The maximum absolute atomic E-state index is 12.1. The molecular formula is C15H12O2. The Kier molecular flexibility index (Phi) is 2.05. The van der Waals surface area contributed by atoms with Gasteiger partial charge in [0.15, 0.2) is 0 Å². The zero-order chi connectivity index (χ0) is 11.9. The molecule has 0 radical (unpaired) electrons. The lowest BCUT2D eigenvalue weighted by Crippen LogP contribution is -2.31. The van der Waals surface area contributed by atoms with Gasteiger partial charge in [-0.2, -0.15) is 0 Å². The summed E-state index contributed by atoms with van der Waals surface area (Å²) in [6.07, 6.45) is 0. The maximum Gasteiger partial charge on any atom is 0.326 e. The van der Waals surface area contributed by atoms with Gasteiger partial charge in [0, 0.05) is 5.56 Å². The number of hydrogen-bond acceptors (Lipinski definition) is 2. The van der Waals surface area contributed by atoms with Crippen molar-refractivity contribution in [2.45, 2.75) is 12.3 Å². The van der Waals surface area contributed by atoms with Gasteiger partial charge < -0.3 is 4.74 Å². The van der Waals surface area contributed by atoms with Crippen LogP contribution in [0.4, 0.5) is 0 Å². The summed E-state index contributed by atoms with van der Waals surface area (Å²) in [7, 11) is 0. The van der Waals surface area contributed by atoms with Crippen LogP contribution in [0.5, 0.6) is 5.75 Å². The summed E-state index contributed by atoms with van der Waals surface area (Å²) < 4.78 is 5.34. The first kappa shape index (κ1) is 10.1. The fourth-order valence-corrected chi connectivity index (χ4v) is 2.33. The molecule has 0 amide bonds. The monoisotopic (exact) mass is 224 g/mol. The van der Waals surface area contributed by atoms with Gasteiger partial charge in [0.1, 0.15) is 11.2 Å². The highest BCUT2D eigenvalue weighted by molar-refractivity contribution is 5.93. The molecule has 0 N–H and O–H groups in total. The van der Waals surface area contributed by atoms with Crippen molar-refractivity contribution in [1.29, 1.82) is 0 Å². The van der Waals surface area contributed by atoms with E-state index < -0.39 is 5.41 Å². The molecule has 1 unspecified atom stereocenters. The van der Waals surface area contributed by atoms with Crippen LogP contribution in [0, 0.1) is 0 Å². The van der Waals surface area contributed by atoms with E-state index in [-0.39, 0.29) is 5.97 Å². The van der Waals surface area contributed by atoms with Gasteiger partial charge >= 0.3 is 5.97 Å². The van der Waals surface area contributed by atoms with Crippen LogP contribution in [0.1, 0.15) is 18.1 Å². The van der Waals surface area contributed by atoms with E-state index in [9.17, 15) is 4.79 Å². The van der Waals surface area contributed by atoms with Crippen LogP contribution in [0.2, 0.25) is 0 Å². The molecule has 2 heteroatoms. The van der Waals surface area contributed by atoms with Gasteiger partial charge in [0.05, 0.1) is 0 Å². The summed E-state index contributed by atoms with van der Waals surface area (Å²) in [4.78, 5) is 12.1. The number of ether oxygens (including phenoxy) is 1. The van der Waals surface area contributed by atoms with Crippen LogP contribution in [0.3, 0.4) is 0 Å². The average Bonchev–Trinajstić information content (AvgIpc) is 2.64. The Bertz CT molecular complexity index is 574. The number of para-hydroxylation sites is 1. The minimum Gasteiger partial charge on any atom is -0.425 e.